The van der Waals surface area contributed by atoms with Crippen LogP contribution in [0.2, 0.25) is 0 Å². The Morgan fingerprint density at radius 2 is 2.04 bits per heavy atom. The molecule has 5 nitrogen and oxygen atoms in total. The monoisotopic (exact) mass is 432 g/mol. The molecule has 6 heteroatoms. The van der Waals surface area contributed by atoms with Gasteiger partial charge >= 0.3 is 0 Å². The maximum Gasteiger partial charge on any atom is 0.253 e. The molecule has 130 valence electrons. The van der Waals surface area contributed by atoms with Crippen molar-refractivity contribution < 1.29 is 4.79 Å². The van der Waals surface area contributed by atoms with Crippen molar-refractivity contribution in [1.82, 2.24) is 15.5 Å². The van der Waals surface area contributed by atoms with Gasteiger partial charge < -0.3 is 15.5 Å². The van der Waals surface area contributed by atoms with E-state index in [-0.39, 0.29) is 29.9 Å². The summed E-state index contributed by atoms with van der Waals surface area (Å²) in [7, 11) is 5.30. The number of nitrogens with one attached hydrogen (secondary N) is 2. The Morgan fingerprint density at radius 1 is 1.35 bits per heavy atom. The van der Waals surface area contributed by atoms with Gasteiger partial charge in [0, 0.05) is 39.3 Å². The number of hydrogen-bond acceptors (Lipinski definition) is 2. The van der Waals surface area contributed by atoms with E-state index in [4.69, 9.17) is 0 Å². The number of benzene rings is 1. The molecule has 0 aliphatic heterocycles. The molecule has 0 heterocycles. The van der Waals surface area contributed by atoms with Crippen LogP contribution < -0.4 is 10.6 Å². The van der Waals surface area contributed by atoms with E-state index < -0.39 is 0 Å². The number of halogens is 1. The third kappa shape index (κ3) is 7.67. The number of hydrogen-bond donors (Lipinski definition) is 2. The summed E-state index contributed by atoms with van der Waals surface area (Å²) in [6.45, 7) is 5.04. The van der Waals surface area contributed by atoms with Crippen molar-refractivity contribution >= 4 is 35.8 Å². The van der Waals surface area contributed by atoms with E-state index in [1.165, 1.54) is 0 Å². The van der Waals surface area contributed by atoms with Gasteiger partial charge in [-0.25, -0.2) is 0 Å². The van der Waals surface area contributed by atoms with E-state index in [0.717, 1.165) is 36.5 Å². The molecule has 0 bridgehead atoms. The highest BCUT2D eigenvalue weighted by Crippen LogP contribution is 2.07. The second-order valence-corrected chi connectivity index (χ2v) is 5.60. The SMILES string of the molecule is CCC(C)NC(=NC)NCCc1cccc(C(=O)N(C)C)c1.I. The van der Waals surface area contributed by atoms with E-state index in [0.29, 0.717) is 6.04 Å². The fourth-order valence-corrected chi connectivity index (χ4v) is 1.97. The summed E-state index contributed by atoms with van der Waals surface area (Å²) < 4.78 is 0. The first-order chi connectivity index (χ1) is 10.5. The molecular weight excluding hydrogens is 403 g/mol. The summed E-state index contributed by atoms with van der Waals surface area (Å²) in [5.74, 6) is 0.846. The van der Waals surface area contributed by atoms with Crippen LogP contribution in [0.15, 0.2) is 29.3 Å². The number of carbonyl (C=O) groups excluding carboxylic acids is 1. The standard InChI is InChI=1S/C17H28N4O.HI/c1-6-13(2)20-17(18-3)19-11-10-14-8-7-9-15(12-14)16(22)21(4)5;/h7-9,12-13H,6,10-11H2,1-5H3,(H2,18,19,20);1H. The molecule has 0 aromatic heterocycles. The molecule has 0 fully saturated rings. The zero-order valence-corrected chi connectivity index (χ0v) is 17.0. The topological polar surface area (TPSA) is 56.7 Å². The van der Waals surface area contributed by atoms with Crippen molar-refractivity contribution in [3.8, 4) is 0 Å². The largest absolute Gasteiger partial charge is 0.356 e. The van der Waals surface area contributed by atoms with Crippen molar-refractivity contribution in [2.45, 2.75) is 32.7 Å². The minimum absolute atomic E-state index is 0. The lowest BCUT2D eigenvalue weighted by atomic mass is 10.1. The fraction of sp³-hybridized carbons (Fsp3) is 0.529. The Hall–Kier alpha value is -1.31. The van der Waals surface area contributed by atoms with Crippen molar-refractivity contribution in [2.75, 3.05) is 27.7 Å². The van der Waals surface area contributed by atoms with E-state index in [1.54, 1.807) is 26.0 Å². The Kier molecular flexibility index (Phi) is 10.6. The van der Waals surface area contributed by atoms with Crippen LogP contribution in [0.4, 0.5) is 0 Å². The molecule has 1 aromatic carbocycles. The number of carbonyl (C=O) groups is 1. The van der Waals surface area contributed by atoms with E-state index >= 15 is 0 Å². The summed E-state index contributed by atoms with van der Waals surface area (Å²) in [5, 5.41) is 6.62. The lowest BCUT2D eigenvalue weighted by molar-refractivity contribution is 0.0827. The molecule has 1 atom stereocenters. The van der Waals surface area contributed by atoms with Crippen LogP contribution in [0.5, 0.6) is 0 Å². The van der Waals surface area contributed by atoms with Crippen LogP contribution in [0.1, 0.15) is 36.2 Å². The van der Waals surface area contributed by atoms with Gasteiger partial charge in [-0.15, -0.1) is 24.0 Å². The molecule has 1 rings (SSSR count). The summed E-state index contributed by atoms with van der Waals surface area (Å²) in [6.07, 6.45) is 1.89. The molecule has 0 aliphatic rings. The molecule has 0 aliphatic carbocycles. The second kappa shape index (κ2) is 11.3. The van der Waals surface area contributed by atoms with Crippen molar-refractivity contribution in [1.29, 1.82) is 0 Å². The van der Waals surface area contributed by atoms with Crippen LogP contribution in [0, 0.1) is 0 Å². The van der Waals surface area contributed by atoms with Gasteiger partial charge in [-0.3, -0.25) is 9.79 Å². The summed E-state index contributed by atoms with van der Waals surface area (Å²) >= 11 is 0. The minimum Gasteiger partial charge on any atom is -0.356 e. The molecule has 0 saturated carbocycles. The van der Waals surface area contributed by atoms with Crippen molar-refractivity contribution in [2.24, 2.45) is 4.99 Å². The van der Waals surface area contributed by atoms with Gasteiger partial charge in [-0.2, -0.15) is 0 Å². The number of guanidine groups is 1. The number of rotatable bonds is 6. The van der Waals surface area contributed by atoms with Gasteiger partial charge in [0.1, 0.15) is 0 Å². The Balaban J connectivity index is 0.00000484. The summed E-state index contributed by atoms with van der Waals surface area (Å²) in [5.41, 5.74) is 1.86. The Bertz CT molecular complexity index is 517. The molecule has 2 N–H and O–H groups in total. The first-order valence-corrected chi connectivity index (χ1v) is 7.75. The van der Waals surface area contributed by atoms with Crippen LogP contribution >= 0.6 is 24.0 Å². The molecule has 1 unspecified atom stereocenters. The average Bonchev–Trinajstić information content (AvgIpc) is 2.53. The molecular formula is C17H29IN4O. The van der Waals surface area contributed by atoms with E-state index in [1.807, 2.05) is 24.3 Å². The fourth-order valence-electron chi connectivity index (χ4n) is 1.97. The van der Waals surface area contributed by atoms with Crippen molar-refractivity contribution in [3.05, 3.63) is 35.4 Å². The summed E-state index contributed by atoms with van der Waals surface area (Å²) in [6, 6.07) is 8.17. The third-order valence-electron chi connectivity index (χ3n) is 3.51. The van der Waals surface area contributed by atoms with Crippen LogP contribution in [0.3, 0.4) is 0 Å². The number of nitrogens with zero attached hydrogens (tertiary/aromatic N) is 2. The highest BCUT2D eigenvalue weighted by atomic mass is 127. The lowest BCUT2D eigenvalue weighted by Crippen LogP contribution is -2.42. The maximum atomic E-state index is 12.0. The Labute approximate surface area is 157 Å². The third-order valence-corrected chi connectivity index (χ3v) is 3.51. The molecule has 0 radical (unpaired) electrons. The average molecular weight is 432 g/mol. The highest BCUT2D eigenvalue weighted by Gasteiger charge is 2.08. The van der Waals surface area contributed by atoms with Gasteiger partial charge in [0.05, 0.1) is 0 Å². The maximum absolute atomic E-state index is 12.0. The molecule has 0 spiro atoms. The lowest BCUT2D eigenvalue weighted by Gasteiger charge is -2.16. The second-order valence-electron chi connectivity index (χ2n) is 5.60. The minimum atomic E-state index is 0. The van der Waals surface area contributed by atoms with Gasteiger partial charge in [-0.1, -0.05) is 19.1 Å². The zero-order chi connectivity index (χ0) is 16.5. The van der Waals surface area contributed by atoms with Gasteiger partial charge in [0.15, 0.2) is 5.96 Å². The quantitative estimate of drug-likeness (QED) is 0.413. The van der Waals surface area contributed by atoms with E-state index in [2.05, 4.69) is 29.5 Å². The zero-order valence-electron chi connectivity index (χ0n) is 14.7. The Morgan fingerprint density at radius 3 is 2.61 bits per heavy atom. The predicted molar refractivity (Wildman–Crippen MR) is 108 cm³/mol. The van der Waals surface area contributed by atoms with Gasteiger partial charge in [0.2, 0.25) is 0 Å². The summed E-state index contributed by atoms with van der Waals surface area (Å²) in [4.78, 5) is 17.8. The number of aliphatic imine (C=N–C) groups is 1. The van der Waals surface area contributed by atoms with E-state index in [9.17, 15) is 4.79 Å². The number of amides is 1. The van der Waals surface area contributed by atoms with Gasteiger partial charge in [0.25, 0.3) is 5.91 Å². The van der Waals surface area contributed by atoms with Crippen molar-refractivity contribution in [3.63, 3.8) is 0 Å². The van der Waals surface area contributed by atoms with Crippen LogP contribution in [-0.4, -0.2) is 50.5 Å². The van der Waals surface area contributed by atoms with Crippen LogP contribution in [0.25, 0.3) is 0 Å². The normalized spacial score (nSPS) is 12.1. The predicted octanol–water partition coefficient (Wildman–Crippen LogP) is 2.51. The molecule has 1 amide bonds. The molecule has 1 aromatic rings. The molecule has 0 saturated heterocycles. The molecule has 23 heavy (non-hydrogen) atoms. The van der Waals surface area contributed by atoms with Crippen LogP contribution in [-0.2, 0) is 6.42 Å². The van der Waals surface area contributed by atoms with Gasteiger partial charge in [-0.05, 0) is 37.5 Å². The first kappa shape index (κ1) is 21.7. The smallest absolute Gasteiger partial charge is 0.253 e. The first-order valence-electron chi connectivity index (χ1n) is 7.75. The highest BCUT2D eigenvalue weighted by molar-refractivity contribution is 14.0.